The van der Waals surface area contributed by atoms with Gasteiger partial charge in [-0.1, -0.05) is 0 Å². The van der Waals surface area contributed by atoms with E-state index in [2.05, 4.69) is 20.3 Å². The first-order valence-corrected chi connectivity index (χ1v) is 6.01. The summed E-state index contributed by atoms with van der Waals surface area (Å²) in [5.74, 6) is 2.24. The summed E-state index contributed by atoms with van der Waals surface area (Å²) in [6.07, 6.45) is 5.21. The van der Waals surface area contributed by atoms with E-state index in [1.165, 1.54) is 6.33 Å². The summed E-state index contributed by atoms with van der Waals surface area (Å²) in [6, 6.07) is 1.89. The molecule has 0 aliphatic rings. The smallest absolute Gasteiger partial charge is 0.213 e. The second-order valence-electron chi connectivity index (χ2n) is 3.16. The Morgan fingerprint density at radius 3 is 2.94 bits per heavy atom. The molecule has 2 aromatic heterocycles. The maximum Gasteiger partial charge on any atom is 0.213 e. The highest BCUT2D eigenvalue weighted by atomic mass is 32.2. The molecular weight excluding hydrogens is 224 g/mol. The van der Waals surface area contributed by atoms with Crippen LogP contribution in [0, 0.1) is 6.92 Å². The molecule has 0 fully saturated rings. The lowest BCUT2D eigenvalue weighted by Gasteiger charge is -2.03. The summed E-state index contributed by atoms with van der Waals surface area (Å²) in [5, 5.41) is 4.06. The molecule has 0 amide bonds. The fourth-order valence-corrected chi connectivity index (χ4v) is 1.58. The van der Waals surface area contributed by atoms with Crippen molar-refractivity contribution in [1.29, 1.82) is 0 Å². The van der Waals surface area contributed by atoms with Crippen molar-refractivity contribution < 1.29 is 4.42 Å². The van der Waals surface area contributed by atoms with E-state index < -0.39 is 0 Å². The SMILES string of the molecule is CSc1cc(NCc2ncc(C)o2)ncn1. The van der Waals surface area contributed by atoms with Gasteiger partial charge < -0.3 is 9.73 Å². The van der Waals surface area contributed by atoms with Crippen LogP contribution in [0.2, 0.25) is 0 Å². The molecule has 84 valence electrons. The van der Waals surface area contributed by atoms with Crippen molar-refractivity contribution in [2.45, 2.75) is 18.5 Å². The Bertz CT molecular complexity index is 471. The van der Waals surface area contributed by atoms with Gasteiger partial charge in [0.15, 0.2) is 0 Å². The molecule has 0 aromatic carbocycles. The molecule has 0 saturated heterocycles. The largest absolute Gasteiger partial charge is 0.444 e. The molecule has 0 aliphatic heterocycles. The van der Waals surface area contributed by atoms with Crippen LogP contribution in [0.1, 0.15) is 11.7 Å². The van der Waals surface area contributed by atoms with Crippen molar-refractivity contribution in [3.05, 3.63) is 30.2 Å². The van der Waals surface area contributed by atoms with Gasteiger partial charge in [-0.15, -0.1) is 11.8 Å². The molecule has 16 heavy (non-hydrogen) atoms. The monoisotopic (exact) mass is 236 g/mol. The zero-order valence-electron chi connectivity index (χ0n) is 9.10. The molecule has 5 nitrogen and oxygen atoms in total. The van der Waals surface area contributed by atoms with Gasteiger partial charge in [0, 0.05) is 6.07 Å². The van der Waals surface area contributed by atoms with E-state index in [4.69, 9.17) is 4.42 Å². The van der Waals surface area contributed by atoms with Gasteiger partial charge in [-0.25, -0.2) is 15.0 Å². The Morgan fingerprint density at radius 2 is 2.25 bits per heavy atom. The molecule has 0 bridgehead atoms. The van der Waals surface area contributed by atoms with Crippen molar-refractivity contribution in [1.82, 2.24) is 15.0 Å². The molecule has 0 atom stereocenters. The minimum atomic E-state index is 0.526. The first-order chi connectivity index (χ1) is 7.78. The Morgan fingerprint density at radius 1 is 1.38 bits per heavy atom. The normalized spacial score (nSPS) is 10.4. The summed E-state index contributed by atoms with van der Waals surface area (Å²) in [6.45, 7) is 2.39. The average molecular weight is 236 g/mol. The number of thioether (sulfide) groups is 1. The molecule has 1 N–H and O–H groups in total. The van der Waals surface area contributed by atoms with Crippen LogP contribution in [0.15, 0.2) is 28.0 Å². The Kier molecular flexibility index (Phi) is 3.40. The lowest BCUT2D eigenvalue weighted by Crippen LogP contribution is -2.01. The van der Waals surface area contributed by atoms with Crippen LogP contribution < -0.4 is 5.32 Å². The van der Waals surface area contributed by atoms with Crippen LogP contribution in [0.4, 0.5) is 5.82 Å². The van der Waals surface area contributed by atoms with Crippen molar-refractivity contribution in [2.75, 3.05) is 11.6 Å². The number of oxazole rings is 1. The van der Waals surface area contributed by atoms with Crippen LogP contribution in [-0.2, 0) is 6.54 Å². The van der Waals surface area contributed by atoms with Crippen LogP contribution in [0.25, 0.3) is 0 Å². The Balaban J connectivity index is 1.99. The highest BCUT2D eigenvalue weighted by molar-refractivity contribution is 7.98. The van der Waals surface area contributed by atoms with E-state index in [1.54, 1.807) is 18.0 Å². The third kappa shape index (κ3) is 2.73. The van der Waals surface area contributed by atoms with Gasteiger partial charge in [-0.2, -0.15) is 0 Å². The molecular formula is C10H12N4OS. The number of rotatable bonds is 4. The minimum absolute atomic E-state index is 0.526. The van der Waals surface area contributed by atoms with E-state index in [1.807, 2.05) is 19.2 Å². The number of nitrogens with one attached hydrogen (secondary N) is 1. The maximum atomic E-state index is 5.34. The van der Waals surface area contributed by atoms with Crippen molar-refractivity contribution in [2.24, 2.45) is 0 Å². The summed E-state index contributed by atoms with van der Waals surface area (Å²) in [5.41, 5.74) is 0. The van der Waals surface area contributed by atoms with Gasteiger partial charge in [-0.05, 0) is 13.2 Å². The Labute approximate surface area is 97.7 Å². The summed E-state index contributed by atoms with van der Waals surface area (Å²) in [4.78, 5) is 12.3. The number of aromatic nitrogens is 3. The molecule has 0 unspecified atom stereocenters. The molecule has 2 aromatic rings. The molecule has 0 saturated carbocycles. The lowest BCUT2D eigenvalue weighted by atomic mass is 10.5. The number of hydrogen-bond donors (Lipinski definition) is 1. The topological polar surface area (TPSA) is 63.8 Å². The third-order valence-electron chi connectivity index (χ3n) is 1.94. The zero-order valence-corrected chi connectivity index (χ0v) is 9.91. The number of aryl methyl sites for hydroxylation is 1. The molecule has 0 spiro atoms. The molecule has 6 heteroatoms. The number of nitrogens with zero attached hydrogens (tertiary/aromatic N) is 3. The predicted molar refractivity (Wildman–Crippen MR) is 62.4 cm³/mol. The first kappa shape index (κ1) is 10.9. The quantitative estimate of drug-likeness (QED) is 0.648. The van der Waals surface area contributed by atoms with Gasteiger partial charge in [0.05, 0.1) is 12.7 Å². The highest BCUT2D eigenvalue weighted by Gasteiger charge is 2.01. The molecule has 0 radical (unpaired) electrons. The van der Waals surface area contributed by atoms with Gasteiger partial charge in [0.25, 0.3) is 0 Å². The van der Waals surface area contributed by atoms with E-state index in [0.29, 0.717) is 12.4 Å². The van der Waals surface area contributed by atoms with Crippen LogP contribution in [0.3, 0.4) is 0 Å². The van der Waals surface area contributed by atoms with Gasteiger partial charge in [0.1, 0.15) is 22.9 Å². The Hall–Kier alpha value is -1.56. The average Bonchev–Trinajstić information content (AvgIpc) is 2.73. The zero-order chi connectivity index (χ0) is 11.4. The molecule has 0 aliphatic carbocycles. The number of anilines is 1. The van der Waals surface area contributed by atoms with Crippen LogP contribution >= 0.6 is 11.8 Å². The fourth-order valence-electron chi connectivity index (χ4n) is 1.20. The van der Waals surface area contributed by atoms with Crippen molar-refractivity contribution >= 4 is 17.6 Å². The van der Waals surface area contributed by atoms with Crippen LogP contribution in [0.5, 0.6) is 0 Å². The minimum Gasteiger partial charge on any atom is -0.444 e. The van der Waals surface area contributed by atoms with Crippen molar-refractivity contribution in [3.63, 3.8) is 0 Å². The fraction of sp³-hybridized carbons (Fsp3) is 0.300. The van der Waals surface area contributed by atoms with E-state index in [-0.39, 0.29) is 0 Å². The van der Waals surface area contributed by atoms with Crippen LogP contribution in [-0.4, -0.2) is 21.2 Å². The first-order valence-electron chi connectivity index (χ1n) is 4.79. The van der Waals surface area contributed by atoms with E-state index in [9.17, 15) is 0 Å². The third-order valence-corrected chi connectivity index (χ3v) is 2.58. The summed E-state index contributed by atoms with van der Waals surface area (Å²) in [7, 11) is 0. The molecule has 2 rings (SSSR count). The summed E-state index contributed by atoms with van der Waals surface area (Å²) >= 11 is 1.58. The number of hydrogen-bond acceptors (Lipinski definition) is 6. The van der Waals surface area contributed by atoms with Gasteiger partial charge >= 0.3 is 0 Å². The van der Waals surface area contributed by atoms with Gasteiger partial charge in [-0.3, -0.25) is 0 Å². The van der Waals surface area contributed by atoms with Crippen molar-refractivity contribution in [3.8, 4) is 0 Å². The summed E-state index contributed by atoms with van der Waals surface area (Å²) < 4.78 is 5.34. The molecule has 2 heterocycles. The maximum absolute atomic E-state index is 5.34. The van der Waals surface area contributed by atoms with Gasteiger partial charge in [0.2, 0.25) is 5.89 Å². The lowest BCUT2D eigenvalue weighted by molar-refractivity contribution is 0.478. The second-order valence-corrected chi connectivity index (χ2v) is 3.99. The second kappa shape index (κ2) is 4.98. The standard InChI is InChI=1S/C10H12N4OS/c1-7-4-12-9(15-7)5-11-8-3-10(16-2)14-6-13-8/h3-4,6H,5H2,1-2H3,(H,11,13,14). The highest BCUT2D eigenvalue weighted by Crippen LogP contribution is 2.14. The van der Waals surface area contributed by atoms with E-state index in [0.717, 1.165) is 16.6 Å². The predicted octanol–water partition coefficient (Wildman–Crippen LogP) is 2.11. The van der Waals surface area contributed by atoms with E-state index >= 15 is 0 Å².